The SMILES string of the molecule is CC(C)C1(c2nc3cccnc3n2C)CCNC1. The minimum atomic E-state index is 0.148. The first-order valence-electron chi connectivity index (χ1n) is 6.64. The van der Waals surface area contributed by atoms with Crippen molar-refractivity contribution in [1.82, 2.24) is 19.9 Å². The molecule has 1 aliphatic rings. The summed E-state index contributed by atoms with van der Waals surface area (Å²) in [6.07, 6.45) is 2.99. The molecule has 1 unspecified atom stereocenters. The van der Waals surface area contributed by atoms with Gasteiger partial charge in [0.2, 0.25) is 0 Å². The van der Waals surface area contributed by atoms with Crippen molar-refractivity contribution in [2.24, 2.45) is 13.0 Å². The number of imidazole rings is 1. The Bertz CT molecular complexity index is 564. The third-order valence-corrected chi connectivity index (χ3v) is 4.37. The molecule has 3 rings (SSSR count). The maximum Gasteiger partial charge on any atom is 0.159 e. The van der Waals surface area contributed by atoms with Crippen LogP contribution in [-0.4, -0.2) is 27.6 Å². The zero-order valence-electron chi connectivity index (χ0n) is 11.3. The van der Waals surface area contributed by atoms with Gasteiger partial charge in [-0.1, -0.05) is 13.8 Å². The van der Waals surface area contributed by atoms with E-state index in [0.717, 1.165) is 30.7 Å². The second-order valence-corrected chi connectivity index (χ2v) is 5.58. The van der Waals surface area contributed by atoms with Crippen molar-refractivity contribution in [2.45, 2.75) is 25.7 Å². The number of aromatic nitrogens is 3. The molecule has 0 radical (unpaired) electrons. The first-order valence-corrected chi connectivity index (χ1v) is 6.64. The highest BCUT2D eigenvalue weighted by molar-refractivity contribution is 5.71. The molecule has 2 aromatic heterocycles. The lowest BCUT2D eigenvalue weighted by molar-refractivity contribution is 0.311. The fourth-order valence-electron chi connectivity index (χ4n) is 3.12. The molecule has 4 heteroatoms. The number of hydrogen-bond donors (Lipinski definition) is 1. The molecule has 4 nitrogen and oxygen atoms in total. The molecule has 1 aliphatic heterocycles. The standard InChI is InChI=1S/C14H20N4/c1-10(2)14(6-8-15-9-14)13-17-11-5-4-7-16-12(11)18(13)3/h4-5,7,10,15H,6,8-9H2,1-3H3. The van der Waals surface area contributed by atoms with Crippen LogP contribution in [0.1, 0.15) is 26.1 Å². The van der Waals surface area contributed by atoms with Crippen LogP contribution in [0.15, 0.2) is 18.3 Å². The van der Waals surface area contributed by atoms with Gasteiger partial charge >= 0.3 is 0 Å². The van der Waals surface area contributed by atoms with E-state index in [1.54, 1.807) is 0 Å². The molecule has 96 valence electrons. The van der Waals surface area contributed by atoms with Gasteiger partial charge in [-0.15, -0.1) is 0 Å². The number of fused-ring (bicyclic) bond motifs is 1. The lowest BCUT2D eigenvalue weighted by atomic mass is 9.75. The van der Waals surface area contributed by atoms with E-state index in [1.807, 2.05) is 18.3 Å². The van der Waals surface area contributed by atoms with Gasteiger partial charge < -0.3 is 9.88 Å². The predicted octanol–water partition coefficient (Wildman–Crippen LogP) is 1.86. The van der Waals surface area contributed by atoms with Gasteiger partial charge in [0.1, 0.15) is 11.3 Å². The summed E-state index contributed by atoms with van der Waals surface area (Å²) >= 11 is 0. The first kappa shape index (κ1) is 11.7. The van der Waals surface area contributed by atoms with E-state index in [4.69, 9.17) is 4.98 Å². The van der Waals surface area contributed by atoms with Crippen molar-refractivity contribution in [1.29, 1.82) is 0 Å². The molecule has 18 heavy (non-hydrogen) atoms. The summed E-state index contributed by atoms with van der Waals surface area (Å²) in [5.41, 5.74) is 2.14. The molecule has 1 saturated heterocycles. The molecule has 1 N–H and O–H groups in total. The average Bonchev–Trinajstić information content (AvgIpc) is 2.96. The molecule has 2 aromatic rings. The number of aryl methyl sites for hydroxylation is 1. The van der Waals surface area contributed by atoms with Crippen LogP contribution in [-0.2, 0) is 12.5 Å². The zero-order chi connectivity index (χ0) is 12.8. The molecular weight excluding hydrogens is 224 g/mol. The van der Waals surface area contributed by atoms with Gasteiger partial charge in [-0.25, -0.2) is 9.97 Å². The van der Waals surface area contributed by atoms with Crippen LogP contribution in [0.4, 0.5) is 0 Å². The summed E-state index contributed by atoms with van der Waals surface area (Å²) < 4.78 is 2.17. The minimum Gasteiger partial charge on any atom is -0.316 e. The summed E-state index contributed by atoms with van der Waals surface area (Å²) in [6, 6.07) is 4.00. The molecule has 1 atom stereocenters. The molecule has 3 heterocycles. The van der Waals surface area contributed by atoms with Gasteiger partial charge in [-0.05, 0) is 31.0 Å². The highest BCUT2D eigenvalue weighted by atomic mass is 15.1. The number of rotatable bonds is 2. The van der Waals surface area contributed by atoms with Crippen LogP contribution >= 0.6 is 0 Å². The van der Waals surface area contributed by atoms with Crippen LogP contribution in [0.3, 0.4) is 0 Å². The largest absolute Gasteiger partial charge is 0.316 e. The Labute approximate surface area is 107 Å². The third kappa shape index (κ3) is 1.48. The van der Waals surface area contributed by atoms with Crippen LogP contribution in [0.25, 0.3) is 11.2 Å². The summed E-state index contributed by atoms with van der Waals surface area (Å²) in [5.74, 6) is 1.75. The monoisotopic (exact) mass is 244 g/mol. The number of nitrogens with zero attached hydrogens (tertiary/aromatic N) is 3. The molecule has 0 amide bonds. The summed E-state index contributed by atoms with van der Waals surface area (Å²) in [6.45, 7) is 6.68. The normalized spacial score (nSPS) is 24.2. The Hall–Kier alpha value is -1.42. The van der Waals surface area contributed by atoms with Crippen molar-refractivity contribution in [3.8, 4) is 0 Å². The molecule has 0 aromatic carbocycles. The topological polar surface area (TPSA) is 42.7 Å². The van der Waals surface area contributed by atoms with Gasteiger partial charge in [-0.3, -0.25) is 0 Å². The molecule has 0 aliphatic carbocycles. The van der Waals surface area contributed by atoms with Crippen LogP contribution in [0.5, 0.6) is 0 Å². The smallest absolute Gasteiger partial charge is 0.159 e. The van der Waals surface area contributed by atoms with Crippen molar-refractivity contribution in [2.75, 3.05) is 13.1 Å². The van der Waals surface area contributed by atoms with E-state index in [0.29, 0.717) is 5.92 Å². The number of pyridine rings is 1. The maximum absolute atomic E-state index is 4.85. The number of nitrogens with one attached hydrogen (secondary N) is 1. The van der Waals surface area contributed by atoms with Crippen molar-refractivity contribution in [3.05, 3.63) is 24.2 Å². The highest BCUT2D eigenvalue weighted by Gasteiger charge is 2.42. The molecule has 0 saturated carbocycles. The third-order valence-electron chi connectivity index (χ3n) is 4.37. The fourth-order valence-corrected chi connectivity index (χ4v) is 3.12. The van der Waals surface area contributed by atoms with Crippen LogP contribution in [0.2, 0.25) is 0 Å². The van der Waals surface area contributed by atoms with Crippen LogP contribution in [0, 0.1) is 5.92 Å². The predicted molar refractivity (Wildman–Crippen MR) is 72.5 cm³/mol. The van der Waals surface area contributed by atoms with E-state index in [1.165, 1.54) is 5.82 Å². The Balaban J connectivity index is 2.21. The summed E-state index contributed by atoms with van der Waals surface area (Å²) in [4.78, 5) is 9.29. The highest BCUT2D eigenvalue weighted by Crippen LogP contribution is 2.38. The Morgan fingerprint density at radius 3 is 2.89 bits per heavy atom. The fraction of sp³-hybridized carbons (Fsp3) is 0.571. The average molecular weight is 244 g/mol. The van der Waals surface area contributed by atoms with E-state index in [9.17, 15) is 0 Å². The van der Waals surface area contributed by atoms with Gasteiger partial charge in [0, 0.05) is 25.2 Å². The first-order chi connectivity index (χ1) is 8.65. The van der Waals surface area contributed by atoms with Crippen LogP contribution < -0.4 is 5.32 Å². The second-order valence-electron chi connectivity index (χ2n) is 5.58. The van der Waals surface area contributed by atoms with E-state index < -0.39 is 0 Å². The van der Waals surface area contributed by atoms with Gasteiger partial charge in [0.15, 0.2) is 5.65 Å². The maximum atomic E-state index is 4.85. The zero-order valence-corrected chi connectivity index (χ0v) is 11.3. The quantitative estimate of drug-likeness (QED) is 0.876. The van der Waals surface area contributed by atoms with E-state index >= 15 is 0 Å². The molecule has 0 bridgehead atoms. The number of hydrogen-bond acceptors (Lipinski definition) is 3. The lowest BCUT2D eigenvalue weighted by Crippen LogP contribution is -2.37. The van der Waals surface area contributed by atoms with Crippen molar-refractivity contribution >= 4 is 11.2 Å². The van der Waals surface area contributed by atoms with Gasteiger partial charge in [0.25, 0.3) is 0 Å². The van der Waals surface area contributed by atoms with E-state index in [-0.39, 0.29) is 5.41 Å². The van der Waals surface area contributed by atoms with Gasteiger partial charge in [-0.2, -0.15) is 0 Å². The van der Waals surface area contributed by atoms with E-state index in [2.05, 4.69) is 35.8 Å². The molecule has 0 spiro atoms. The second kappa shape index (κ2) is 4.05. The molecular formula is C14H20N4. The Morgan fingerprint density at radius 1 is 1.44 bits per heavy atom. The lowest BCUT2D eigenvalue weighted by Gasteiger charge is -2.31. The Morgan fingerprint density at radius 2 is 2.28 bits per heavy atom. The minimum absolute atomic E-state index is 0.148. The Kier molecular flexibility index (Phi) is 2.63. The molecule has 1 fully saturated rings. The summed E-state index contributed by atoms with van der Waals surface area (Å²) in [7, 11) is 2.08. The van der Waals surface area contributed by atoms with Crippen molar-refractivity contribution < 1.29 is 0 Å². The van der Waals surface area contributed by atoms with Gasteiger partial charge in [0.05, 0.1) is 0 Å². The van der Waals surface area contributed by atoms with Crippen molar-refractivity contribution in [3.63, 3.8) is 0 Å². The summed E-state index contributed by atoms with van der Waals surface area (Å²) in [5, 5.41) is 3.49.